The molecule has 0 atom stereocenters. The van der Waals surface area contributed by atoms with Gasteiger partial charge >= 0.3 is 5.97 Å². The third-order valence-corrected chi connectivity index (χ3v) is 3.14. The minimum atomic E-state index is -0.984. The van der Waals surface area contributed by atoms with Crippen LogP contribution in [0, 0.1) is 6.92 Å². The molecule has 1 N–H and O–H groups in total. The highest BCUT2D eigenvalue weighted by atomic mass is 16.5. The number of aromatic carboxylic acids is 1. The van der Waals surface area contributed by atoms with Gasteiger partial charge in [0.05, 0.1) is 0 Å². The normalized spacial score (nSPS) is 10.6. The van der Waals surface area contributed by atoms with Gasteiger partial charge in [0.1, 0.15) is 17.1 Å². The zero-order valence-corrected chi connectivity index (χ0v) is 11.9. The van der Waals surface area contributed by atoms with Gasteiger partial charge in [0.2, 0.25) is 0 Å². The van der Waals surface area contributed by atoms with Crippen LogP contribution < -0.4 is 4.74 Å². The van der Waals surface area contributed by atoms with Crippen molar-refractivity contribution in [2.75, 3.05) is 0 Å². The molecule has 0 heterocycles. The molecule has 104 valence electrons. The molecule has 0 spiro atoms. The van der Waals surface area contributed by atoms with E-state index in [1.54, 1.807) is 12.1 Å². The Morgan fingerprint density at radius 2 is 1.75 bits per heavy atom. The Balaban J connectivity index is 2.28. The van der Waals surface area contributed by atoms with Crippen LogP contribution in [0.5, 0.6) is 11.5 Å². The lowest BCUT2D eigenvalue weighted by molar-refractivity contribution is 0.0694. The Morgan fingerprint density at radius 1 is 1.10 bits per heavy atom. The Labute approximate surface area is 118 Å². The van der Waals surface area contributed by atoms with E-state index in [1.807, 2.05) is 37.3 Å². The lowest BCUT2D eigenvalue weighted by Crippen LogP contribution is -2.00. The van der Waals surface area contributed by atoms with Gasteiger partial charge in [-0.25, -0.2) is 4.79 Å². The predicted octanol–water partition coefficient (Wildman–Crippen LogP) is 4.61. The van der Waals surface area contributed by atoms with Crippen molar-refractivity contribution in [3.05, 3.63) is 59.2 Å². The topological polar surface area (TPSA) is 46.5 Å². The molecular formula is C17H18O3. The zero-order valence-electron chi connectivity index (χ0n) is 11.9. The molecule has 0 aromatic heterocycles. The largest absolute Gasteiger partial charge is 0.478 e. The molecule has 3 heteroatoms. The van der Waals surface area contributed by atoms with E-state index in [2.05, 4.69) is 13.8 Å². The number of benzene rings is 2. The fraction of sp³-hybridized carbons (Fsp3) is 0.235. The van der Waals surface area contributed by atoms with Crippen molar-refractivity contribution in [3.8, 4) is 11.5 Å². The van der Waals surface area contributed by atoms with Crippen LogP contribution in [-0.2, 0) is 0 Å². The van der Waals surface area contributed by atoms with Gasteiger partial charge in [-0.3, -0.25) is 0 Å². The van der Waals surface area contributed by atoms with E-state index >= 15 is 0 Å². The van der Waals surface area contributed by atoms with Crippen LogP contribution in [0.1, 0.15) is 41.3 Å². The maximum absolute atomic E-state index is 11.2. The van der Waals surface area contributed by atoms with Crippen LogP contribution >= 0.6 is 0 Å². The minimum Gasteiger partial charge on any atom is -0.478 e. The first-order valence-electron chi connectivity index (χ1n) is 6.59. The van der Waals surface area contributed by atoms with Crippen molar-refractivity contribution in [2.24, 2.45) is 0 Å². The van der Waals surface area contributed by atoms with Crippen molar-refractivity contribution in [2.45, 2.75) is 26.7 Å². The van der Waals surface area contributed by atoms with E-state index in [1.165, 1.54) is 5.56 Å². The molecule has 0 bridgehead atoms. The molecule has 0 saturated carbocycles. The van der Waals surface area contributed by atoms with E-state index in [0.29, 0.717) is 17.4 Å². The Hall–Kier alpha value is -2.29. The lowest BCUT2D eigenvalue weighted by atomic mass is 10.0. The molecule has 20 heavy (non-hydrogen) atoms. The fourth-order valence-corrected chi connectivity index (χ4v) is 1.95. The minimum absolute atomic E-state index is 0.179. The number of hydrogen-bond acceptors (Lipinski definition) is 2. The van der Waals surface area contributed by atoms with Crippen molar-refractivity contribution in [3.63, 3.8) is 0 Å². The molecule has 0 unspecified atom stereocenters. The Morgan fingerprint density at radius 3 is 2.30 bits per heavy atom. The maximum atomic E-state index is 11.2. The fourth-order valence-electron chi connectivity index (χ4n) is 1.95. The second kappa shape index (κ2) is 5.78. The second-order valence-corrected chi connectivity index (χ2v) is 5.13. The van der Waals surface area contributed by atoms with Gasteiger partial charge in [-0.1, -0.05) is 37.6 Å². The van der Waals surface area contributed by atoms with Gasteiger partial charge in [0, 0.05) is 0 Å². The maximum Gasteiger partial charge on any atom is 0.339 e. The first-order chi connectivity index (χ1) is 9.47. The van der Waals surface area contributed by atoms with Gasteiger partial charge < -0.3 is 9.84 Å². The van der Waals surface area contributed by atoms with Gasteiger partial charge in [-0.05, 0) is 42.7 Å². The summed E-state index contributed by atoms with van der Waals surface area (Å²) in [6.45, 7) is 6.10. The van der Waals surface area contributed by atoms with Crippen LogP contribution in [0.3, 0.4) is 0 Å². The molecule has 2 aromatic carbocycles. The van der Waals surface area contributed by atoms with Gasteiger partial charge in [-0.2, -0.15) is 0 Å². The van der Waals surface area contributed by atoms with Crippen molar-refractivity contribution >= 4 is 5.97 Å². The van der Waals surface area contributed by atoms with Crippen LogP contribution in [0.2, 0.25) is 0 Å². The van der Waals surface area contributed by atoms with Gasteiger partial charge in [0.25, 0.3) is 0 Å². The van der Waals surface area contributed by atoms with E-state index in [0.717, 1.165) is 5.56 Å². The van der Waals surface area contributed by atoms with Gasteiger partial charge in [0.15, 0.2) is 0 Å². The highest BCUT2D eigenvalue weighted by Gasteiger charge is 2.12. The summed E-state index contributed by atoms with van der Waals surface area (Å²) in [5.74, 6) is 0.474. The van der Waals surface area contributed by atoms with E-state index < -0.39 is 5.97 Å². The summed E-state index contributed by atoms with van der Waals surface area (Å²) in [6.07, 6.45) is 0. The first kappa shape index (κ1) is 14.1. The van der Waals surface area contributed by atoms with E-state index in [-0.39, 0.29) is 5.56 Å². The molecule has 3 nitrogen and oxygen atoms in total. The number of rotatable bonds is 4. The van der Waals surface area contributed by atoms with E-state index in [9.17, 15) is 9.90 Å². The monoisotopic (exact) mass is 270 g/mol. The summed E-state index contributed by atoms with van der Waals surface area (Å²) in [7, 11) is 0. The van der Waals surface area contributed by atoms with E-state index in [4.69, 9.17) is 4.74 Å². The smallest absolute Gasteiger partial charge is 0.339 e. The molecule has 0 radical (unpaired) electrons. The lowest BCUT2D eigenvalue weighted by Gasteiger charge is -2.11. The third-order valence-electron chi connectivity index (χ3n) is 3.14. The molecule has 0 fully saturated rings. The molecule has 2 rings (SSSR count). The molecule has 2 aromatic rings. The molecular weight excluding hydrogens is 252 g/mol. The second-order valence-electron chi connectivity index (χ2n) is 5.13. The van der Waals surface area contributed by atoms with Crippen molar-refractivity contribution in [1.29, 1.82) is 0 Å². The summed E-state index contributed by atoms with van der Waals surface area (Å²) in [5, 5.41) is 9.21. The average Bonchev–Trinajstić information content (AvgIpc) is 2.41. The first-order valence-corrected chi connectivity index (χ1v) is 6.59. The summed E-state index contributed by atoms with van der Waals surface area (Å²) in [5.41, 5.74) is 2.29. The summed E-state index contributed by atoms with van der Waals surface area (Å²) < 4.78 is 5.68. The van der Waals surface area contributed by atoms with Crippen LogP contribution in [0.15, 0.2) is 42.5 Å². The SMILES string of the molecule is Cc1ccc(Oc2ccc(C(C)C)cc2)c(C(=O)O)c1. The zero-order chi connectivity index (χ0) is 14.7. The number of carboxylic acids is 1. The summed E-state index contributed by atoms with van der Waals surface area (Å²) >= 11 is 0. The molecule has 0 saturated heterocycles. The standard InChI is InChI=1S/C17H18O3/c1-11(2)13-5-7-14(8-6-13)20-16-9-4-12(3)10-15(16)17(18)19/h4-11H,1-3H3,(H,18,19). The average molecular weight is 270 g/mol. The number of carboxylic acid groups (broad SMARTS) is 1. The number of hydrogen-bond donors (Lipinski definition) is 1. The number of ether oxygens (including phenoxy) is 1. The Bertz CT molecular complexity index is 613. The van der Waals surface area contributed by atoms with Crippen LogP contribution in [0.25, 0.3) is 0 Å². The molecule has 0 aliphatic heterocycles. The van der Waals surface area contributed by atoms with Gasteiger partial charge in [-0.15, -0.1) is 0 Å². The third kappa shape index (κ3) is 3.18. The van der Waals surface area contributed by atoms with Crippen molar-refractivity contribution in [1.82, 2.24) is 0 Å². The number of carbonyl (C=O) groups is 1. The van der Waals surface area contributed by atoms with Crippen LogP contribution in [-0.4, -0.2) is 11.1 Å². The molecule has 0 amide bonds. The summed E-state index contributed by atoms with van der Waals surface area (Å²) in [6, 6.07) is 12.9. The molecule has 0 aliphatic carbocycles. The quantitative estimate of drug-likeness (QED) is 0.882. The highest BCUT2D eigenvalue weighted by molar-refractivity contribution is 5.91. The number of aryl methyl sites for hydroxylation is 1. The van der Waals surface area contributed by atoms with Crippen LogP contribution in [0.4, 0.5) is 0 Å². The predicted molar refractivity (Wildman–Crippen MR) is 78.7 cm³/mol. The van der Waals surface area contributed by atoms with Crippen molar-refractivity contribution < 1.29 is 14.6 Å². The highest BCUT2D eigenvalue weighted by Crippen LogP contribution is 2.27. The summed E-state index contributed by atoms with van der Waals surface area (Å²) in [4.78, 5) is 11.2. The Kier molecular flexibility index (Phi) is 4.08. The molecule has 0 aliphatic rings.